The highest BCUT2D eigenvalue weighted by atomic mass is 35.5. The first-order valence-electron chi connectivity index (χ1n) is 4.60. The Hall–Kier alpha value is -0.730. The molecular formula is C11H15ClO2. The Morgan fingerprint density at radius 3 is 2.50 bits per heavy atom. The van der Waals surface area contributed by atoms with Gasteiger partial charge in [0.1, 0.15) is 5.75 Å². The van der Waals surface area contributed by atoms with Crippen LogP contribution in [0.4, 0.5) is 0 Å². The van der Waals surface area contributed by atoms with Gasteiger partial charge in [0, 0.05) is 0 Å². The van der Waals surface area contributed by atoms with Crippen molar-refractivity contribution in [3.63, 3.8) is 0 Å². The summed E-state index contributed by atoms with van der Waals surface area (Å²) in [5.41, 5.74) is -0.0834. The van der Waals surface area contributed by atoms with E-state index in [0.29, 0.717) is 17.4 Å². The first-order chi connectivity index (χ1) is 6.45. The quantitative estimate of drug-likeness (QED) is 0.839. The van der Waals surface area contributed by atoms with Crippen molar-refractivity contribution in [1.29, 1.82) is 0 Å². The molecule has 0 saturated heterocycles. The lowest BCUT2D eigenvalue weighted by atomic mass is 9.98. The minimum atomic E-state index is -0.867. The fraction of sp³-hybridized carbons (Fsp3) is 0.455. The lowest BCUT2D eigenvalue weighted by Gasteiger charge is -2.18. The van der Waals surface area contributed by atoms with Gasteiger partial charge in [0.15, 0.2) is 0 Å². The van der Waals surface area contributed by atoms with Crippen LogP contribution in [0.3, 0.4) is 0 Å². The van der Waals surface area contributed by atoms with E-state index in [4.69, 9.17) is 16.3 Å². The van der Waals surface area contributed by atoms with Gasteiger partial charge in [0.25, 0.3) is 0 Å². The molecule has 0 heterocycles. The molecule has 0 fully saturated rings. The normalized spacial score (nSPS) is 11.5. The molecule has 0 bridgehead atoms. The van der Waals surface area contributed by atoms with E-state index < -0.39 is 5.60 Å². The van der Waals surface area contributed by atoms with E-state index in [2.05, 4.69) is 0 Å². The molecule has 78 valence electrons. The van der Waals surface area contributed by atoms with E-state index in [1.807, 2.05) is 13.0 Å². The molecule has 0 radical (unpaired) electrons. The zero-order valence-corrected chi connectivity index (χ0v) is 9.43. The third-order valence-corrected chi connectivity index (χ3v) is 2.23. The van der Waals surface area contributed by atoms with Gasteiger partial charge in [-0.15, -0.1) is 0 Å². The molecule has 0 aliphatic rings. The van der Waals surface area contributed by atoms with Gasteiger partial charge in [-0.3, -0.25) is 0 Å². The predicted octanol–water partition coefficient (Wildman–Crippen LogP) is 2.97. The summed E-state index contributed by atoms with van der Waals surface area (Å²) in [7, 11) is 0. The van der Waals surface area contributed by atoms with Crippen LogP contribution >= 0.6 is 11.6 Å². The SMILES string of the molecule is CCOc1ccc(C(C)(C)O)cc1Cl. The monoisotopic (exact) mass is 214 g/mol. The van der Waals surface area contributed by atoms with Crippen LogP contribution in [0.2, 0.25) is 5.02 Å². The molecule has 1 aromatic carbocycles. The average Bonchev–Trinajstić information content (AvgIpc) is 2.07. The molecule has 14 heavy (non-hydrogen) atoms. The van der Waals surface area contributed by atoms with E-state index in [0.717, 1.165) is 5.56 Å². The van der Waals surface area contributed by atoms with Crippen molar-refractivity contribution >= 4 is 11.6 Å². The Bertz CT molecular complexity index is 316. The summed E-state index contributed by atoms with van der Waals surface area (Å²) in [5.74, 6) is 0.655. The van der Waals surface area contributed by atoms with Crippen molar-refractivity contribution in [2.75, 3.05) is 6.61 Å². The minimum Gasteiger partial charge on any atom is -0.492 e. The van der Waals surface area contributed by atoms with E-state index in [1.54, 1.807) is 26.0 Å². The summed E-state index contributed by atoms with van der Waals surface area (Å²) in [4.78, 5) is 0. The second-order valence-electron chi connectivity index (χ2n) is 3.64. The molecule has 2 nitrogen and oxygen atoms in total. The van der Waals surface area contributed by atoms with E-state index >= 15 is 0 Å². The summed E-state index contributed by atoms with van der Waals surface area (Å²) in [6, 6.07) is 5.32. The molecule has 1 aromatic rings. The highest BCUT2D eigenvalue weighted by Crippen LogP contribution is 2.29. The Morgan fingerprint density at radius 1 is 1.43 bits per heavy atom. The molecular weight excluding hydrogens is 200 g/mol. The third-order valence-electron chi connectivity index (χ3n) is 1.94. The molecule has 0 amide bonds. The maximum atomic E-state index is 9.73. The van der Waals surface area contributed by atoms with E-state index in [-0.39, 0.29) is 0 Å². The van der Waals surface area contributed by atoms with Crippen LogP contribution in [0.1, 0.15) is 26.3 Å². The molecule has 0 aliphatic carbocycles. The van der Waals surface area contributed by atoms with Crippen molar-refractivity contribution in [3.05, 3.63) is 28.8 Å². The average molecular weight is 215 g/mol. The Morgan fingerprint density at radius 2 is 2.07 bits per heavy atom. The zero-order chi connectivity index (χ0) is 10.8. The van der Waals surface area contributed by atoms with Gasteiger partial charge < -0.3 is 9.84 Å². The number of halogens is 1. The summed E-state index contributed by atoms with van der Waals surface area (Å²) < 4.78 is 5.29. The number of hydrogen-bond donors (Lipinski definition) is 1. The van der Waals surface area contributed by atoms with Gasteiger partial charge in [0.2, 0.25) is 0 Å². The van der Waals surface area contributed by atoms with Crippen LogP contribution in [-0.2, 0) is 5.60 Å². The Labute approximate surface area is 89.5 Å². The lowest BCUT2D eigenvalue weighted by molar-refractivity contribution is 0.0785. The molecule has 0 atom stereocenters. The van der Waals surface area contributed by atoms with Crippen LogP contribution in [0.25, 0.3) is 0 Å². The van der Waals surface area contributed by atoms with Gasteiger partial charge in [-0.1, -0.05) is 17.7 Å². The number of hydrogen-bond acceptors (Lipinski definition) is 2. The molecule has 1 rings (SSSR count). The molecule has 0 saturated carbocycles. The van der Waals surface area contributed by atoms with Crippen molar-refractivity contribution in [1.82, 2.24) is 0 Å². The third kappa shape index (κ3) is 2.63. The lowest BCUT2D eigenvalue weighted by Crippen LogP contribution is -2.15. The molecule has 0 aromatic heterocycles. The molecule has 1 N–H and O–H groups in total. The topological polar surface area (TPSA) is 29.5 Å². The van der Waals surface area contributed by atoms with Gasteiger partial charge in [-0.25, -0.2) is 0 Å². The molecule has 0 aliphatic heterocycles. The van der Waals surface area contributed by atoms with Crippen LogP contribution in [-0.4, -0.2) is 11.7 Å². The van der Waals surface area contributed by atoms with Crippen molar-refractivity contribution in [3.8, 4) is 5.75 Å². The van der Waals surface area contributed by atoms with Crippen molar-refractivity contribution in [2.45, 2.75) is 26.4 Å². The van der Waals surface area contributed by atoms with E-state index in [1.165, 1.54) is 0 Å². The van der Waals surface area contributed by atoms with Crippen LogP contribution in [0, 0.1) is 0 Å². The minimum absolute atomic E-state index is 0.534. The summed E-state index contributed by atoms with van der Waals surface area (Å²) in [5, 5.41) is 10.3. The highest BCUT2D eigenvalue weighted by Gasteiger charge is 2.17. The van der Waals surface area contributed by atoms with Crippen molar-refractivity contribution in [2.24, 2.45) is 0 Å². The fourth-order valence-corrected chi connectivity index (χ4v) is 1.39. The number of ether oxygens (including phenoxy) is 1. The van der Waals surface area contributed by atoms with E-state index in [9.17, 15) is 5.11 Å². The smallest absolute Gasteiger partial charge is 0.137 e. The number of aliphatic hydroxyl groups is 1. The predicted molar refractivity (Wildman–Crippen MR) is 57.9 cm³/mol. The van der Waals surface area contributed by atoms with Gasteiger partial charge in [-0.05, 0) is 38.5 Å². The number of rotatable bonds is 3. The second kappa shape index (κ2) is 4.20. The fourth-order valence-electron chi connectivity index (χ4n) is 1.15. The molecule has 0 unspecified atom stereocenters. The van der Waals surface area contributed by atoms with Crippen LogP contribution < -0.4 is 4.74 Å². The first kappa shape index (κ1) is 11.3. The molecule has 3 heteroatoms. The van der Waals surface area contributed by atoms with Crippen LogP contribution in [0.5, 0.6) is 5.75 Å². The number of benzene rings is 1. The highest BCUT2D eigenvalue weighted by molar-refractivity contribution is 6.32. The Kier molecular flexibility index (Phi) is 3.40. The summed E-state index contributed by atoms with van der Waals surface area (Å²) in [6.07, 6.45) is 0. The zero-order valence-electron chi connectivity index (χ0n) is 8.67. The largest absolute Gasteiger partial charge is 0.492 e. The standard InChI is InChI=1S/C11H15ClO2/c1-4-14-10-6-5-8(7-9(10)12)11(2,3)13/h5-7,13H,4H2,1-3H3. The van der Waals surface area contributed by atoms with Crippen LogP contribution in [0.15, 0.2) is 18.2 Å². The molecule has 0 spiro atoms. The Balaban J connectivity index is 3.01. The maximum absolute atomic E-state index is 9.73. The van der Waals surface area contributed by atoms with Gasteiger partial charge in [-0.2, -0.15) is 0 Å². The van der Waals surface area contributed by atoms with Gasteiger partial charge >= 0.3 is 0 Å². The second-order valence-corrected chi connectivity index (χ2v) is 4.04. The summed E-state index contributed by atoms with van der Waals surface area (Å²) in [6.45, 7) is 5.93. The maximum Gasteiger partial charge on any atom is 0.137 e. The summed E-state index contributed by atoms with van der Waals surface area (Å²) >= 11 is 5.98. The van der Waals surface area contributed by atoms with Gasteiger partial charge in [0.05, 0.1) is 17.2 Å². The van der Waals surface area contributed by atoms with Crippen molar-refractivity contribution < 1.29 is 9.84 Å². The first-order valence-corrected chi connectivity index (χ1v) is 4.98.